The summed E-state index contributed by atoms with van der Waals surface area (Å²) in [5.41, 5.74) is 3.27. The van der Waals surface area contributed by atoms with Gasteiger partial charge in [-0.25, -0.2) is 14.2 Å². The lowest BCUT2D eigenvalue weighted by molar-refractivity contribution is 0.0692. The van der Waals surface area contributed by atoms with Gasteiger partial charge >= 0.3 is 5.97 Å². The number of benzene rings is 3. The average Bonchev–Trinajstić information content (AvgIpc) is 3.07. The first kappa shape index (κ1) is 21.1. The zero-order valence-electron chi connectivity index (χ0n) is 16.8. The van der Waals surface area contributed by atoms with Gasteiger partial charge < -0.3 is 14.4 Å². The number of imidazole rings is 1. The third-order valence-corrected chi connectivity index (χ3v) is 5.51. The van der Waals surface area contributed by atoms with Crippen molar-refractivity contribution in [2.24, 2.45) is 0 Å². The van der Waals surface area contributed by atoms with Crippen molar-refractivity contribution in [1.29, 1.82) is 0 Å². The summed E-state index contributed by atoms with van der Waals surface area (Å²) >= 11 is 3.30. The number of aromatic carboxylic acids is 1. The largest absolute Gasteiger partial charge is 0.493 e. The summed E-state index contributed by atoms with van der Waals surface area (Å²) in [6.07, 6.45) is 0.451. The molecule has 0 atom stereocenters. The smallest absolute Gasteiger partial charge is 0.339 e. The molecule has 0 spiro atoms. The Morgan fingerprint density at radius 2 is 1.97 bits per heavy atom. The summed E-state index contributed by atoms with van der Waals surface area (Å²) in [5, 5.41) is 9.39. The number of rotatable bonds is 7. The van der Waals surface area contributed by atoms with Crippen LogP contribution in [0.5, 0.6) is 5.75 Å². The van der Waals surface area contributed by atoms with Crippen LogP contribution in [0.4, 0.5) is 4.39 Å². The van der Waals surface area contributed by atoms with E-state index in [-0.39, 0.29) is 11.4 Å². The molecule has 5 nitrogen and oxygen atoms in total. The number of halogens is 2. The van der Waals surface area contributed by atoms with Crippen molar-refractivity contribution in [3.05, 3.63) is 93.5 Å². The second kappa shape index (κ2) is 8.89. The normalized spacial score (nSPS) is 11.1. The number of carboxylic acids is 1. The Labute approximate surface area is 187 Å². The fraction of sp³-hybridized carbons (Fsp3) is 0.167. The molecule has 0 saturated carbocycles. The van der Waals surface area contributed by atoms with Gasteiger partial charge in [0.05, 0.1) is 24.2 Å². The van der Waals surface area contributed by atoms with E-state index in [9.17, 15) is 14.3 Å². The van der Waals surface area contributed by atoms with Gasteiger partial charge in [-0.2, -0.15) is 0 Å². The minimum absolute atomic E-state index is 0.121. The molecule has 1 N–H and O–H groups in total. The molecule has 0 aliphatic heterocycles. The van der Waals surface area contributed by atoms with Gasteiger partial charge in [0.1, 0.15) is 23.0 Å². The summed E-state index contributed by atoms with van der Waals surface area (Å²) < 4.78 is 22.7. The van der Waals surface area contributed by atoms with E-state index in [1.807, 2.05) is 41.8 Å². The highest BCUT2D eigenvalue weighted by Crippen LogP contribution is 2.25. The zero-order chi connectivity index (χ0) is 22.0. The van der Waals surface area contributed by atoms with Crippen molar-refractivity contribution < 1.29 is 19.0 Å². The Kier molecular flexibility index (Phi) is 6.04. The second-order valence-electron chi connectivity index (χ2n) is 7.08. The molecule has 158 valence electrons. The lowest BCUT2D eigenvalue weighted by Crippen LogP contribution is -2.08. The molecule has 4 aromatic rings. The topological polar surface area (TPSA) is 64.4 Å². The molecule has 7 heteroatoms. The highest BCUT2D eigenvalue weighted by atomic mass is 79.9. The van der Waals surface area contributed by atoms with E-state index in [0.29, 0.717) is 35.4 Å². The summed E-state index contributed by atoms with van der Waals surface area (Å²) in [6, 6.07) is 17.8. The van der Waals surface area contributed by atoms with E-state index in [0.717, 1.165) is 22.4 Å². The van der Waals surface area contributed by atoms with Crippen molar-refractivity contribution in [1.82, 2.24) is 9.55 Å². The van der Waals surface area contributed by atoms with E-state index in [2.05, 4.69) is 15.9 Å². The van der Waals surface area contributed by atoms with Crippen molar-refractivity contribution in [2.45, 2.75) is 19.9 Å². The lowest BCUT2D eigenvalue weighted by Gasteiger charge is -2.12. The molecule has 0 fully saturated rings. The molecule has 0 unspecified atom stereocenters. The Morgan fingerprint density at radius 1 is 1.16 bits per heavy atom. The third-order valence-electron chi connectivity index (χ3n) is 5.02. The van der Waals surface area contributed by atoms with Crippen LogP contribution in [-0.4, -0.2) is 27.2 Å². The molecule has 0 amide bonds. The number of hydrogen-bond donors (Lipinski definition) is 1. The summed E-state index contributed by atoms with van der Waals surface area (Å²) in [7, 11) is 0. The molecule has 1 aromatic heterocycles. The number of fused-ring (bicyclic) bond motifs is 1. The molecule has 0 aliphatic rings. The maximum Gasteiger partial charge on any atom is 0.339 e. The van der Waals surface area contributed by atoms with Crippen molar-refractivity contribution in [3.8, 4) is 5.75 Å². The number of hydrogen-bond acceptors (Lipinski definition) is 3. The van der Waals surface area contributed by atoms with Crippen LogP contribution in [-0.2, 0) is 13.0 Å². The van der Waals surface area contributed by atoms with Crippen LogP contribution < -0.4 is 4.74 Å². The summed E-state index contributed by atoms with van der Waals surface area (Å²) in [4.78, 5) is 16.2. The van der Waals surface area contributed by atoms with Crippen LogP contribution in [0.3, 0.4) is 0 Å². The number of aromatic nitrogens is 2. The molecule has 0 aliphatic carbocycles. The van der Waals surface area contributed by atoms with E-state index in [1.54, 1.807) is 24.3 Å². The number of nitrogens with zero attached hydrogens (tertiary/aromatic N) is 2. The van der Waals surface area contributed by atoms with Crippen LogP contribution in [0.15, 0.2) is 65.1 Å². The minimum atomic E-state index is -1.03. The fourth-order valence-electron chi connectivity index (χ4n) is 3.57. The molecular formula is C24H20BrFN2O3. The van der Waals surface area contributed by atoms with Gasteiger partial charge in [0, 0.05) is 16.5 Å². The van der Waals surface area contributed by atoms with Gasteiger partial charge in [-0.15, -0.1) is 0 Å². The molecule has 31 heavy (non-hydrogen) atoms. The molecule has 0 radical (unpaired) electrons. The van der Waals surface area contributed by atoms with E-state index < -0.39 is 5.97 Å². The van der Waals surface area contributed by atoms with Crippen LogP contribution in [0.2, 0.25) is 0 Å². The maximum absolute atomic E-state index is 14.5. The highest BCUT2D eigenvalue weighted by molar-refractivity contribution is 9.10. The number of para-hydroxylation sites is 2. The van der Waals surface area contributed by atoms with Crippen molar-refractivity contribution in [3.63, 3.8) is 0 Å². The van der Waals surface area contributed by atoms with Gasteiger partial charge in [0.25, 0.3) is 0 Å². The van der Waals surface area contributed by atoms with Crippen LogP contribution >= 0.6 is 15.9 Å². The standard InChI is InChI=1S/C24H20BrFN2O3/c1-2-31-22-11-15(7-10-18(22)24(29)30)12-23-27-20-5-3-4-6-21(20)28(23)14-16-8-9-17(25)13-19(16)26/h3-11,13H,2,12,14H2,1H3,(H,29,30). The van der Waals surface area contributed by atoms with E-state index in [1.165, 1.54) is 6.07 Å². The summed E-state index contributed by atoms with van der Waals surface area (Å²) in [5.74, 6) is -0.237. The quantitative estimate of drug-likeness (QED) is 0.368. The molecule has 4 rings (SSSR count). The molecule has 0 saturated heterocycles. The van der Waals surface area contributed by atoms with Crippen LogP contribution in [0.25, 0.3) is 11.0 Å². The first-order chi connectivity index (χ1) is 15.0. The Balaban J connectivity index is 1.75. The predicted molar refractivity (Wildman–Crippen MR) is 120 cm³/mol. The van der Waals surface area contributed by atoms with Gasteiger partial charge in [-0.1, -0.05) is 40.2 Å². The molecule has 1 heterocycles. The SMILES string of the molecule is CCOc1cc(Cc2nc3ccccc3n2Cc2ccc(Br)cc2F)ccc1C(=O)O. The van der Waals surface area contributed by atoms with E-state index in [4.69, 9.17) is 9.72 Å². The fourth-order valence-corrected chi connectivity index (χ4v) is 3.90. The number of carboxylic acid groups (broad SMARTS) is 1. The average molecular weight is 483 g/mol. The monoisotopic (exact) mass is 482 g/mol. The molecule has 3 aromatic carbocycles. The van der Waals surface area contributed by atoms with Crippen molar-refractivity contribution in [2.75, 3.05) is 6.61 Å². The predicted octanol–water partition coefficient (Wildman–Crippen LogP) is 5.67. The molecule has 0 bridgehead atoms. The minimum Gasteiger partial charge on any atom is -0.493 e. The Bertz CT molecular complexity index is 1270. The highest BCUT2D eigenvalue weighted by Gasteiger charge is 2.16. The van der Waals surface area contributed by atoms with Crippen molar-refractivity contribution >= 4 is 32.9 Å². The number of ether oxygens (including phenoxy) is 1. The first-order valence-corrected chi connectivity index (χ1v) is 10.6. The van der Waals surface area contributed by atoms with Gasteiger partial charge in [0.15, 0.2) is 0 Å². The van der Waals surface area contributed by atoms with Gasteiger partial charge in [0.2, 0.25) is 0 Å². The van der Waals surface area contributed by atoms with Gasteiger partial charge in [-0.3, -0.25) is 0 Å². The third kappa shape index (κ3) is 4.46. The first-order valence-electron chi connectivity index (χ1n) is 9.83. The Morgan fingerprint density at radius 3 is 2.71 bits per heavy atom. The Hall–Kier alpha value is -3.19. The maximum atomic E-state index is 14.5. The number of carbonyl (C=O) groups is 1. The lowest BCUT2D eigenvalue weighted by atomic mass is 10.1. The van der Waals surface area contributed by atoms with E-state index >= 15 is 0 Å². The van der Waals surface area contributed by atoms with Crippen LogP contribution in [0.1, 0.15) is 34.2 Å². The summed E-state index contributed by atoms with van der Waals surface area (Å²) in [6.45, 7) is 2.51. The molecular weight excluding hydrogens is 463 g/mol. The van der Waals surface area contributed by atoms with Gasteiger partial charge in [-0.05, 0) is 48.9 Å². The second-order valence-corrected chi connectivity index (χ2v) is 8.00. The zero-order valence-corrected chi connectivity index (χ0v) is 18.4. The van der Waals surface area contributed by atoms with Crippen LogP contribution in [0, 0.1) is 5.82 Å².